The van der Waals surface area contributed by atoms with Crippen molar-refractivity contribution < 1.29 is 28.1 Å². The Balaban J connectivity index is 1.81. The van der Waals surface area contributed by atoms with Crippen LogP contribution in [0.4, 0.5) is 4.39 Å². The second-order valence-electron chi connectivity index (χ2n) is 11.9. The lowest BCUT2D eigenvalue weighted by Gasteiger charge is -2.27. The molecule has 2 atom stereocenters. The summed E-state index contributed by atoms with van der Waals surface area (Å²) in [5, 5.41) is 0. The summed E-state index contributed by atoms with van der Waals surface area (Å²) in [6.07, 6.45) is 11.9. The minimum atomic E-state index is -0.548. The molecule has 3 aromatic rings. The van der Waals surface area contributed by atoms with Crippen LogP contribution in [0, 0.1) is 5.82 Å². The van der Waals surface area contributed by atoms with Crippen molar-refractivity contribution in [2.24, 2.45) is 0 Å². The Morgan fingerprint density at radius 1 is 0.674 bits per heavy atom. The van der Waals surface area contributed by atoms with E-state index < -0.39 is 18.1 Å². The molecule has 3 aromatic carbocycles. The van der Waals surface area contributed by atoms with E-state index in [0.29, 0.717) is 30.1 Å². The van der Waals surface area contributed by atoms with E-state index >= 15 is 4.39 Å². The maximum Gasteiger partial charge on any atom is 0.311 e. The molecule has 0 aromatic heterocycles. The molecule has 5 nitrogen and oxygen atoms in total. The average Bonchev–Trinajstić information content (AvgIpc) is 3.07. The van der Waals surface area contributed by atoms with Gasteiger partial charge in [0.05, 0.1) is 6.61 Å². The van der Waals surface area contributed by atoms with Crippen molar-refractivity contribution in [2.45, 2.75) is 124 Å². The summed E-state index contributed by atoms with van der Waals surface area (Å²) in [5.41, 5.74) is 2.80. The van der Waals surface area contributed by atoms with E-state index in [-0.39, 0.29) is 18.3 Å². The Labute approximate surface area is 276 Å². The first-order valence-electron chi connectivity index (χ1n) is 17.6. The lowest BCUT2D eigenvalue weighted by molar-refractivity contribution is -0.165. The van der Waals surface area contributed by atoms with Crippen molar-refractivity contribution in [2.75, 3.05) is 13.2 Å². The molecule has 0 bridgehead atoms. The van der Waals surface area contributed by atoms with E-state index in [4.69, 9.17) is 18.9 Å². The van der Waals surface area contributed by atoms with Crippen LogP contribution in [0.15, 0.2) is 66.7 Å². The van der Waals surface area contributed by atoms with Gasteiger partial charge in [0.25, 0.3) is 0 Å². The van der Waals surface area contributed by atoms with Gasteiger partial charge in [-0.2, -0.15) is 0 Å². The van der Waals surface area contributed by atoms with Crippen LogP contribution in [-0.4, -0.2) is 31.6 Å². The highest BCUT2D eigenvalue weighted by atomic mass is 19.1. The fraction of sp³-hybridized carbons (Fsp3) is 0.525. The summed E-state index contributed by atoms with van der Waals surface area (Å²) in [6, 6.07) is 20.4. The largest absolute Gasteiger partial charge is 0.462 e. The number of unbranched alkanes of at least 4 members (excludes halogenated alkanes) is 8. The van der Waals surface area contributed by atoms with Gasteiger partial charge < -0.3 is 18.9 Å². The Kier molecular flexibility index (Phi) is 17.4. The second-order valence-corrected chi connectivity index (χ2v) is 11.9. The van der Waals surface area contributed by atoms with Crippen LogP contribution in [0.25, 0.3) is 22.3 Å². The number of hydrogen-bond donors (Lipinski definition) is 0. The molecule has 3 rings (SSSR count). The topological polar surface area (TPSA) is 54.0 Å². The minimum absolute atomic E-state index is 0.0458. The van der Waals surface area contributed by atoms with Crippen molar-refractivity contribution in [3.8, 4) is 33.8 Å². The molecule has 0 saturated carbocycles. The molecule has 0 amide bonds. The van der Waals surface area contributed by atoms with Crippen LogP contribution < -0.4 is 9.47 Å². The average molecular weight is 635 g/mol. The lowest BCUT2D eigenvalue weighted by Crippen LogP contribution is -2.37. The standard InChI is InChI=1S/C40H55FO5/c1-5-9-12-13-14-27-38(42)46-37-26-20-25-35(39(37)41)34-24-16-15-23-33(34)31-21-19-22-32(30-31)45-40(44-29-18-11-7-3)36(8-4)43-28-17-10-6-2/h15-16,19-26,30,36,40H,5-14,17-18,27-29H2,1-4H3/t36-,40?/m0/s1. The van der Waals surface area contributed by atoms with Crippen LogP contribution >= 0.6 is 0 Å². The first-order chi connectivity index (χ1) is 22.5. The number of carbonyl (C=O) groups is 1. The molecular formula is C40H55FO5. The maximum atomic E-state index is 15.9. The SMILES string of the molecule is CCCCCCCC(=O)Oc1cccc(-c2ccccc2-c2cccc(OC(OCCCCC)[C@H](CC)OCCCCC)c2)c1F. The minimum Gasteiger partial charge on any atom is -0.462 e. The Morgan fingerprint density at radius 3 is 2.02 bits per heavy atom. The van der Waals surface area contributed by atoms with E-state index in [1.54, 1.807) is 12.1 Å². The van der Waals surface area contributed by atoms with Crippen LogP contribution in [-0.2, 0) is 14.3 Å². The molecule has 0 aliphatic heterocycles. The van der Waals surface area contributed by atoms with Gasteiger partial charge in [-0.15, -0.1) is 0 Å². The van der Waals surface area contributed by atoms with Crippen molar-refractivity contribution in [3.63, 3.8) is 0 Å². The highest BCUT2D eigenvalue weighted by Gasteiger charge is 2.24. The second kappa shape index (κ2) is 21.6. The number of hydrogen-bond acceptors (Lipinski definition) is 5. The van der Waals surface area contributed by atoms with Crippen LogP contribution in [0.3, 0.4) is 0 Å². The van der Waals surface area contributed by atoms with Gasteiger partial charge in [0.15, 0.2) is 11.6 Å². The van der Waals surface area contributed by atoms with E-state index in [1.165, 1.54) is 6.07 Å². The maximum absolute atomic E-state index is 15.9. The monoisotopic (exact) mass is 634 g/mol. The number of rotatable bonds is 23. The molecule has 0 spiro atoms. The summed E-state index contributed by atoms with van der Waals surface area (Å²) in [7, 11) is 0. The first-order valence-corrected chi connectivity index (χ1v) is 17.6. The third kappa shape index (κ3) is 12.2. The van der Waals surface area contributed by atoms with Crippen molar-refractivity contribution in [1.82, 2.24) is 0 Å². The molecule has 0 saturated heterocycles. The predicted molar refractivity (Wildman–Crippen MR) is 186 cm³/mol. The molecule has 1 unspecified atom stereocenters. The molecule has 46 heavy (non-hydrogen) atoms. The molecule has 0 aliphatic carbocycles. The zero-order valence-corrected chi connectivity index (χ0v) is 28.5. The number of carbonyl (C=O) groups excluding carboxylic acids is 1. The van der Waals surface area contributed by atoms with Gasteiger partial charge in [0, 0.05) is 18.6 Å². The quantitative estimate of drug-likeness (QED) is 0.0450. The van der Waals surface area contributed by atoms with E-state index in [9.17, 15) is 4.79 Å². The summed E-state index contributed by atoms with van der Waals surface area (Å²) in [6.45, 7) is 9.89. The molecular weight excluding hydrogens is 579 g/mol. The Morgan fingerprint density at radius 2 is 1.30 bits per heavy atom. The molecule has 0 N–H and O–H groups in total. The fourth-order valence-corrected chi connectivity index (χ4v) is 5.43. The third-order valence-electron chi connectivity index (χ3n) is 8.10. The number of benzene rings is 3. The van der Waals surface area contributed by atoms with Gasteiger partial charge in [-0.3, -0.25) is 4.79 Å². The van der Waals surface area contributed by atoms with Crippen molar-refractivity contribution >= 4 is 5.97 Å². The zero-order valence-electron chi connectivity index (χ0n) is 28.5. The highest BCUT2D eigenvalue weighted by molar-refractivity contribution is 5.85. The molecule has 6 heteroatoms. The van der Waals surface area contributed by atoms with Crippen LogP contribution in [0.2, 0.25) is 0 Å². The van der Waals surface area contributed by atoms with Crippen LogP contribution in [0.5, 0.6) is 11.5 Å². The lowest BCUT2D eigenvalue weighted by atomic mass is 9.94. The normalized spacial score (nSPS) is 12.5. The summed E-state index contributed by atoms with van der Waals surface area (Å²) >= 11 is 0. The summed E-state index contributed by atoms with van der Waals surface area (Å²) < 4.78 is 40.3. The summed E-state index contributed by atoms with van der Waals surface area (Å²) in [5.74, 6) is -0.342. The molecule has 0 fully saturated rings. The molecule has 0 radical (unpaired) electrons. The van der Waals surface area contributed by atoms with Gasteiger partial charge in [-0.1, -0.05) is 128 Å². The molecule has 0 aliphatic rings. The fourth-order valence-electron chi connectivity index (χ4n) is 5.43. The third-order valence-corrected chi connectivity index (χ3v) is 8.10. The van der Waals surface area contributed by atoms with Gasteiger partial charge in [0.2, 0.25) is 6.29 Å². The van der Waals surface area contributed by atoms with E-state index in [1.807, 2.05) is 48.5 Å². The van der Waals surface area contributed by atoms with E-state index in [2.05, 4.69) is 27.7 Å². The number of esters is 1. The number of ether oxygens (including phenoxy) is 4. The first kappa shape index (κ1) is 37.2. The van der Waals surface area contributed by atoms with Gasteiger partial charge in [0.1, 0.15) is 11.9 Å². The van der Waals surface area contributed by atoms with Crippen LogP contribution in [0.1, 0.15) is 111 Å². The smallest absolute Gasteiger partial charge is 0.311 e. The zero-order chi connectivity index (χ0) is 33.0. The van der Waals surface area contributed by atoms with Crippen molar-refractivity contribution in [3.05, 3.63) is 72.5 Å². The number of halogens is 1. The van der Waals surface area contributed by atoms with E-state index in [0.717, 1.165) is 88.2 Å². The van der Waals surface area contributed by atoms with Gasteiger partial charge >= 0.3 is 5.97 Å². The molecule has 252 valence electrons. The summed E-state index contributed by atoms with van der Waals surface area (Å²) in [4.78, 5) is 12.5. The Bertz CT molecular complexity index is 1290. The Hall–Kier alpha value is -3.22. The van der Waals surface area contributed by atoms with Gasteiger partial charge in [-0.25, -0.2) is 4.39 Å². The predicted octanol–water partition coefficient (Wildman–Crippen LogP) is 11.3. The molecule has 0 heterocycles. The highest BCUT2D eigenvalue weighted by Crippen LogP contribution is 2.37. The van der Waals surface area contributed by atoms with Crippen molar-refractivity contribution in [1.29, 1.82) is 0 Å². The van der Waals surface area contributed by atoms with Gasteiger partial charge in [-0.05, 0) is 60.6 Å².